The Labute approximate surface area is 369 Å². The van der Waals surface area contributed by atoms with E-state index < -0.39 is 0 Å². The summed E-state index contributed by atoms with van der Waals surface area (Å²) in [5.41, 5.74) is 16.4. The van der Waals surface area contributed by atoms with E-state index in [9.17, 15) is 0 Å². The average molecular weight is 807 g/mol. The van der Waals surface area contributed by atoms with E-state index >= 15 is 0 Å². The molecule has 0 amide bonds. The molecule has 0 bridgehead atoms. The van der Waals surface area contributed by atoms with Crippen LogP contribution in [-0.2, 0) is 18.3 Å². The molecule has 2 nitrogen and oxygen atoms in total. The smallest absolute Gasteiger partial charge is 0.0465 e. The predicted octanol–water partition coefficient (Wildman–Crippen LogP) is 18.6. The highest BCUT2D eigenvalue weighted by Crippen LogP contribution is 2.56. The lowest BCUT2D eigenvalue weighted by Gasteiger charge is -2.34. The maximum Gasteiger partial charge on any atom is 0.0465 e. The average Bonchev–Trinajstić information content (AvgIpc) is 3.53. The third-order valence-corrected chi connectivity index (χ3v) is 13.3. The Kier molecular flexibility index (Phi) is 18.4. The van der Waals surface area contributed by atoms with Gasteiger partial charge in [-0.1, -0.05) is 179 Å². The Morgan fingerprint density at radius 2 is 0.800 bits per heavy atom. The number of anilines is 5. The third kappa shape index (κ3) is 11.5. The molecular weight excluding hydrogens is 725 g/mol. The Morgan fingerprint density at radius 3 is 1.30 bits per heavy atom. The summed E-state index contributed by atoms with van der Waals surface area (Å²) in [6.45, 7) is 11.5. The Hall–Kier alpha value is -4.30. The number of unbranched alkanes of at least 4 members (excludes halogenated alkanes) is 12. The Bertz CT molecular complexity index is 1980. The van der Waals surface area contributed by atoms with Crippen LogP contribution < -0.4 is 9.80 Å². The molecule has 5 aromatic carbocycles. The molecule has 1 aliphatic carbocycles. The summed E-state index contributed by atoms with van der Waals surface area (Å²) in [5.74, 6) is 0. The summed E-state index contributed by atoms with van der Waals surface area (Å²) < 4.78 is 0. The van der Waals surface area contributed by atoms with Crippen molar-refractivity contribution in [3.05, 3.63) is 137 Å². The van der Waals surface area contributed by atoms with E-state index in [1.807, 2.05) is 0 Å². The van der Waals surface area contributed by atoms with Crippen LogP contribution in [0, 0.1) is 6.92 Å². The molecule has 0 N–H and O–H groups in total. The molecule has 0 aromatic heterocycles. The van der Waals surface area contributed by atoms with Crippen LogP contribution in [0.4, 0.5) is 28.4 Å². The number of hydrogen-bond donors (Lipinski definition) is 0. The molecule has 0 aliphatic heterocycles. The van der Waals surface area contributed by atoms with Gasteiger partial charge in [0, 0.05) is 42.3 Å². The van der Waals surface area contributed by atoms with Gasteiger partial charge in [-0.15, -0.1) is 0 Å². The highest BCUT2D eigenvalue weighted by Gasteiger charge is 2.42. The van der Waals surface area contributed by atoms with Crippen molar-refractivity contribution in [1.29, 1.82) is 0 Å². The van der Waals surface area contributed by atoms with E-state index in [0.29, 0.717) is 0 Å². The molecule has 60 heavy (non-hydrogen) atoms. The van der Waals surface area contributed by atoms with Crippen LogP contribution in [0.5, 0.6) is 0 Å². The van der Waals surface area contributed by atoms with Gasteiger partial charge in [0.25, 0.3) is 0 Å². The van der Waals surface area contributed by atoms with Gasteiger partial charge in [0.1, 0.15) is 0 Å². The van der Waals surface area contributed by atoms with Crippen molar-refractivity contribution in [1.82, 2.24) is 0 Å². The van der Waals surface area contributed by atoms with E-state index in [2.05, 4.69) is 161 Å². The zero-order valence-corrected chi connectivity index (χ0v) is 37.9. The van der Waals surface area contributed by atoms with E-state index in [1.54, 1.807) is 11.1 Å². The molecular formula is C58H82N2. The lowest BCUT2D eigenvalue weighted by atomic mass is 9.70. The summed E-state index contributed by atoms with van der Waals surface area (Å²) in [5, 5.41) is 0. The number of nitrogens with zero attached hydrogens (tertiary/aromatic N) is 2. The standard InChI is InChI=1S/C57H76N2.CH4.H2/c1-7-11-15-17-19-21-41-57(42-22-20-18-16-12-8-2)55-43-45(5)25-39-53(55)54-40-38-52(44-56(54)57)59(50-32-28-47(29-33-50)24-14-10-4)51-36-34-49(35-37-51)58(6)48-30-26-46(27-31-48)23-13-9-3;;/h25-40,43-44H,7-24,41-42H2,1-6H3;1H4;1H. The molecule has 6 rings (SSSR count). The lowest BCUT2D eigenvalue weighted by Crippen LogP contribution is -2.26. The van der Waals surface area contributed by atoms with E-state index in [-0.39, 0.29) is 14.3 Å². The number of benzene rings is 5. The minimum atomic E-state index is 0. The van der Waals surface area contributed by atoms with Crippen LogP contribution >= 0.6 is 0 Å². The normalized spacial score (nSPS) is 12.5. The summed E-state index contributed by atoms with van der Waals surface area (Å²) in [6.07, 6.45) is 25.6. The minimum Gasteiger partial charge on any atom is -0.345 e. The molecule has 0 saturated heterocycles. The van der Waals surface area contributed by atoms with Gasteiger partial charge in [0.15, 0.2) is 0 Å². The quantitative estimate of drug-likeness (QED) is 0.0542. The van der Waals surface area contributed by atoms with E-state index in [1.165, 1.54) is 172 Å². The molecule has 2 heteroatoms. The molecule has 5 aromatic rings. The van der Waals surface area contributed by atoms with Gasteiger partial charge in [0.05, 0.1) is 0 Å². The van der Waals surface area contributed by atoms with Crippen molar-refractivity contribution in [3.8, 4) is 11.1 Å². The SMILES string of the molecule is C.CCCCCCCCC1(CCCCCCCC)c2cc(C)ccc2-c2ccc(N(c3ccc(CCCC)cc3)c3ccc(N(C)c4ccc(CCCC)cc4)cc3)cc21.[HH]. The second kappa shape index (κ2) is 23.6. The molecule has 324 valence electrons. The zero-order valence-electron chi connectivity index (χ0n) is 37.9. The van der Waals surface area contributed by atoms with Gasteiger partial charge in [-0.05, 0) is 139 Å². The highest BCUT2D eigenvalue weighted by molar-refractivity contribution is 5.86. The summed E-state index contributed by atoms with van der Waals surface area (Å²) in [7, 11) is 2.19. The first-order valence-electron chi connectivity index (χ1n) is 24.0. The topological polar surface area (TPSA) is 6.48 Å². The monoisotopic (exact) mass is 807 g/mol. The molecule has 0 spiro atoms. The maximum atomic E-state index is 2.62. The number of aryl methyl sites for hydroxylation is 3. The number of hydrogen-bond acceptors (Lipinski definition) is 2. The summed E-state index contributed by atoms with van der Waals surface area (Å²) in [6, 6.07) is 42.7. The van der Waals surface area contributed by atoms with Crippen molar-refractivity contribution < 1.29 is 1.43 Å². The molecule has 0 unspecified atom stereocenters. The summed E-state index contributed by atoms with van der Waals surface area (Å²) in [4.78, 5) is 4.83. The van der Waals surface area contributed by atoms with E-state index in [4.69, 9.17) is 0 Å². The second-order valence-corrected chi connectivity index (χ2v) is 17.8. The molecule has 1 aliphatic rings. The summed E-state index contributed by atoms with van der Waals surface area (Å²) >= 11 is 0. The first-order valence-corrected chi connectivity index (χ1v) is 24.0. The maximum absolute atomic E-state index is 2.62. The van der Waals surface area contributed by atoms with Crippen LogP contribution in [0.2, 0.25) is 0 Å². The van der Waals surface area contributed by atoms with Gasteiger partial charge in [-0.2, -0.15) is 0 Å². The van der Waals surface area contributed by atoms with Crippen molar-refractivity contribution >= 4 is 28.4 Å². The van der Waals surface area contributed by atoms with Crippen LogP contribution in [0.1, 0.15) is 180 Å². The fourth-order valence-corrected chi connectivity index (χ4v) is 9.70. The first kappa shape index (κ1) is 46.8. The molecule has 0 heterocycles. The second-order valence-electron chi connectivity index (χ2n) is 17.8. The lowest BCUT2D eigenvalue weighted by molar-refractivity contribution is 0.398. The molecule has 0 saturated carbocycles. The molecule has 0 atom stereocenters. The molecule has 0 radical (unpaired) electrons. The Morgan fingerprint density at radius 1 is 0.417 bits per heavy atom. The Balaban J connectivity index is 0.00000410. The largest absolute Gasteiger partial charge is 0.345 e. The van der Waals surface area contributed by atoms with Crippen LogP contribution in [0.25, 0.3) is 11.1 Å². The van der Waals surface area contributed by atoms with Crippen molar-refractivity contribution in [2.24, 2.45) is 0 Å². The van der Waals surface area contributed by atoms with Gasteiger partial charge < -0.3 is 9.80 Å². The van der Waals surface area contributed by atoms with E-state index in [0.717, 1.165) is 12.8 Å². The first-order chi connectivity index (χ1) is 28.9. The fourth-order valence-electron chi connectivity index (χ4n) is 9.70. The fraction of sp³-hybridized carbons (Fsp3) is 0.483. The van der Waals surface area contributed by atoms with Crippen molar-refractivity contribution in [2.45, 2.75) is 176 Å². The van der Waals surface area contributed by atoms with Crippen molar-refractivity contribution in [2.75, 3.05) is 16.8 Å². The predicted molar refractivity (Wildman–Crippen MR) is 269 cm³/mol. The van der Waals surface area contributed by atoms with Crippen LogP contribution in [-0.4, -0.2) is 7.05 Å². The number of fused-ring (bicyclic) bond motifs is 3. The minimum absolute atomic E-state index is 0. The van der Waals surface area contributed by atoms with Gasteiger partial charge in [0.2, 0.25) is 0 Å². The highest BCUT2D eigenvalue weighted by atomic mass is 15.1. The number of rotatable bonds is 25. The van der Waals surface area contributed by atoms with Gasteiger partial charge in [-0.25, -0.2) is 0 Å². The van der Waals surface area contributed by atoms with Crippen LogP contribution in [0.15, 0.2) is 109 Å². The zero-order chi connectivity index (χ0) is 41.5. The third-order valence-electron chi connectivity index (χ3n) is 13.3. The van der Waals surface area contributed by atoms with Gasteiger partial charge in [-0.3, -0.25) is 0 Å². The van der Waals surface area contributed by atoms with Crippen LogP contribution in [0.3, 0.4) is 0 Å². The van der Waals surface area contributed by atoms with Crippen molar-refractivity contribution in [3.63, 3.8) is 0 Å². The van der Waals surface area contributed by atoms with Gasteiger partial charge >= 0.3 is 0 Å². The molecule has 0 fully saturated rings.